The Balaban J connectivity index is 2.00. The molecule has 0 bridgehead atoms. The standard InChI is InChI=1S/C15H15F6NO/c16-12(9-3-1-2-4-9)13(17,18)14(19,20)15(12,21)23-11-7-5-10(22)6-8-11/h5-9H,1-4,22H2. The summed E-state index contributed by atoms with van der Waals surface area (Å²) in [5.74, 6) is -16.8. The highest BCUT2D eigenvalue weighted by Crippen LogP contribution is 2.72. The maximum atomic E-state index is 14.9. The average Bonchev–Trinajstić information content (AvgIpc) is 3.02. The fraction of sp³-hybridized carbons (Fsp3) is 0.600. The van der Waals surface area contributed by atoms with Crippen molar-refractivity contribution >= 4 is 5.69 Å². The van der Waals surface area contributed by atoms with Crippen molar-refractivity contribution in [2.24, 2.45) is 5.92 Å². The quantitative estimate of drug-likeness (QED) is 0.650. The van der Waals surface area contributed by atoms with Gasteiger partial charge in [0.05, 0.1) is 0 Å². The van der Waals surface area contributed by atoms with Gasteiger partial charge in [0.25, 0.3) is 5.67 Å². The molecule has 2 aliphatic carbocycles. The van der Waals surface area contributed by atoms with E-state index in [1.54, 1.807) is 0 Å². The zero-order valence-corrected chi connectivity index (χ0v) is 12.0. The molecule has 23 heavy (non-hydrogen) atoms. The van der Waals surface area contributed by atoms with Crippen molar-refractivity contribution in [1.82, 2.24) is 0 Å². The molecule has 2 saturated carbocycles. The molecular formula is C15H15F6NO. The zero-order valence-electron chi connectivity index (χ0n) is 12.0. The van der Waals surface area contributed by atoms with E-state index in [1.807, 2.05) is 0 Å². The minimum atomic E-state index is -5.27. The summed E-state index contributed by atoms with van der Waals surface area (Å²) in [6.07, 6.45) is 0.601. The van der Waals surface area contributed by atoms with Gasteiger partial charge in [-0.2, -0.15) is 22.0 Å². The predicted molar refractivity (Wildman–Crippen MR) is 71.0 cm³/mol. The zero-order chi connectivity index (χ0) is 17.1. The van der Waals surface area contributed by atoms with Crippen LogP contribution in [0.25, 0.3) is 0 Å². The predicted octanol–water partition coefficient (Wildman–Crippen LogP) is 4.50. The van der Waals surface area contributed by atoms with E-state index in [-0.39, 0.29) is 18.5 Å². The van der Waals surface area contributed by atoms with Gasteiger partial charge in [0.2, 0.25) is 0 Å². The van der Waals surface area contributed by atoms with Crippen molar-refractivity contribution in [3.05, 3.63) is 24.3 Å². The fourth-order valence-corrected chi connectivity index (χ4v) is 3.48. The van der Waals surface area contributed by atoms with Crippen molar-refractivity contribution in [1.29, 1.82) is 0 Å². The molecule has 2 aliphatic rings. The Morgan fingerprint density at radius 1 is 0.870 bits per heavy atom. The third-order valence-corrected chi connectivity index (χ3v) is 4.78. The Morgan fingerprint density at radius 2 is 1.39 bits per heavy atom. The van der Waals surface area contributed by atoms with Crippen molar-refractivity contribution in [3.63, 3.8) is 0 Å². The monoisotopic (exact) mass is 339 g/mol. The lowest BCUT2D eigenvalue weighted by Crippen LogP contribution is -2.89. The molecule has 0 heterocycles. The first-order valence-corrected chi connectivity index (χ1v) is 7.26. The van der Waals surface area contributed by atoms with E-state index in [0.717, 1.165) is 12.1 Å². The summed E-state index contributed by atoms with van der Waals surface area (Å²) in [7, 11) is 0. The molecule has 2 N–H and O–H groups in total. The van der Waals surface area contributed by atoms with Crippen LogP contribution in [0.5, 0.6) is 5.75 Å². The van der Waals surface area contributed by atoms with Crippen LogP contribution in [0.4, 0.5) is 32.0 Å². The van der Waals surface area contributed by atoms with Crippen molar-refractivity contribution in [2.45, 2.75) is 49.1 Å². The van der Waals surface area contributed by atoms with E-state index in [0.29, 0.717) is 12.8 Å². The second kappa shape index (κ2) is 4.70. The smallest absolute Gasteiger partial charge is 0.385 e. The Bertz CT molecular complexity index is 600. The molecule has 2 atom stereocenters. The van der Waals surface area contributed by atoms with Crippen LogP contribution in [0.15, 0.2) is 24.3 Å². The van der Waals surface area contributed by atoms with E-state index in [2.05, 4.69) is 4.74 Å². The van der Waals surface area contributed by atoms with Crippen molar-refractivity contribution < 1.29 is 31.1 Å². The first kappa shape index (κ1) is 16.3. The van der Waals surface area contributed by atoms with Gasteiger partial charge in [-0.15, -0.1) is 0 Å². The summed E-state index contributed by atoms with van der Waals surface area (Å²) in [6.45, 7) is 0. The molecule has 128 valence electrons. The number of hydrogen-bond acceptors (Lipinski definition) is 2. The van der Waals surface area contributed by atoms with Crippen LogP contribution >= 0.6 is 0 Å². The summed E-state index contributed by atoms with van der Waals surface area (Å²) in [5.41, 5.74) is 1.56. The van der Waals surface area contributed by atoms with Gasteiger partial charge in [0.15, 0.2) is 0 Å². The van der Waals surface area contributed by atoms with Crippen LogP contribution in [0.2, 0.25) is 0 Å². The molecule has 2 fully saturated rings. The average molecular weight is 339 g/mol. The minimum absolute atomic E-state index is 0.0844. The van der Waals surface area contributed by atoms with Crippen LogP contribution in [-0.2, 0) is 0 Å². The molecule has 0 spiro atoms. The highest BCUT2D eigenvalue weighted by atomic mass is 19.3. The summed E-state index contributed by atoms with van der Waals surface area (Å²) in [5, 5.41) is 0. The molecule has 0 aliphatic heterocycles. The largest absolute Gasteiger partial charge is 0.450 e. The van der Waals surface area contributed by atoms with Crippen molar-refractivity contribution in [2.75, 3.05) is 5.73 Å². The summed E-state index contributed by atoms with van der Waals surface area (Å²) in [6, 6.07) is 4.47. The summed E-state index contributed by atoms with van der Waals surface area (Å²) < 4.78 is 89.4. The maximum absolute atomic E-state index is 14.9. The van der Waals surface area contributed by atoms with Gasteiger partial charge in [-0.25, -0.2) is 4.39 Å². The van der Waals surface area contributed by atoms with E-state index >= 15 is 0 Å². The second-order valence-electron chi connectivity index (χ2n) is 6.11. The lowest BCUT2D eigenvalue weighted by Gasteiger charge is -2.59. The van der Waals surface area contributed by atoms with Crippen LogP contribution in [0.3, 0.4) is 0 Å². The third-order valence-electron chi connectivity index (χ3n) is 4.78. The number of ether oxygens (including phenoxy) is 1. The molecule has 3 rings (SSSR count). The van der Waals surface area contributed by atoms with Gasteiger partial charge < -0.3 is 10.5 Å². The SMILES string of the molecule is Nc1ccc(OC2(F)C(F)(F)C(F)(F)C2(F)C2CCCC2)cc1. The first-order valence-electron chi connectivity index (χ1n) is 7.26. The van der Waals surface area contributed by atoms with Crippen LogP contribution in [0.1, 0.15) is 25.7 Å². The summed E-state index contributed by atoms with van der Waals surface area (Å²) in [4.78, 5) is 0. The molecular weight excluding hydrogens is 324 g/mol. The summed E-state index contributed by atoms with van der Waals surface area (Å²) >= 11 is 0. The first-order chi connectivity index (χ1) is 10.6. The van der Waals surface area contributed by atoms with Gasteiger partial charge in [-0.3, -0.25) is 0 Å². The third kappa shape index (κ3) is 1.77. The van der Waals surface area contributed by atoms with Crippen molar-refractivity contribution in [3.8, 4) is 5.75 Å². The molecule has 2 unspecified atom stereocenters. The van der Waals surface area contributed by atoms with Gasteiger partial charge in [-0.1, -0.05) is 12.8 Å². The highest BCUT2D eigenvalue weighted by Gasteiger charge is 3.01. The van der Waals surface area contributed by atoms with E-state index in [1.165, 1.54) is 12.1 Å². The number of nitrogen functional groups attached to an aromatic ring is 1. The number of halogens is 6. The number of anilines is 1. The molecule has 0 amide bonds. The Morgan fingerprint density at radius 3 is 1.91 bits per heavy atom. The maximum Gasteiger partial charge on any atom is 0.385 e. The van der Waals surface area contributed by atoms with Crippen LogP contribution in [-0.4, -0.2) is 23.4 Å². The Kier molecular flexibility index (Phi) is 3.33. The molecule has 1 aromatic rings. The fourth-order valence-electron chi connectivity index (χ4n) is 3.48. The van der Waals surface area contributed by atoms with Crippen LogP contribution < -0.4 is 10.5 Å². The van der Waals surface area contributed by atoms with E-state index in [9.17, 15) is 26.3 Å². The van der Waals surface area contributed by atoms with Gasteiger partial charge >= 0.3 is 17.7 Å². The lowest BCUT2D eigenvalue weighted by molar-refractivity contribution is -0.494. The van der Waals surface area contributed by atoms with E-state index in [4.69, 9.17) is 5.73 Å². The molecule has 0 aromatic heterocycles. The Labute approximate surface area is 128 Å². The number of benzene rings is 1. The van der Waals surface area contributed by atoms with E-state index < -0.39 is 35.0 Å². The van der Waals surface area contributed by atoms with Gasteiger partial charge in [-0.05, 0) is 37.1 Å². The second-order valence-corrected chi connectivity index (χ2v) is 6.11. The van der Waals surface area contributed by atoms with Crippen LogP contribution in [0, 0.1) is 5.92 Å². The number of hydrogen-bond donors (Lipinski definition) is 1. The topological polar surface area (TPSA) is 35.2 Å². The minimum Gasteiger partial charge on any atom is -0.450 e. The molecule has 0 radical (unpaired) electrons. The molecule has 8 heteroatoms. The molecule has 0 saturated heterocycles. The lowest BCUT2D eigenvalue weighted by atomic mass is 9.61. The number of rotatable bonds is 3. The normalized spacial score (nSPS) is 35.7. The Hall–Kier alpha value is -1.60. The number of alkyl halides is 6. The van der Waals surface area contributed by atoms with Gasteiger partial charge in [0, 0.05) is 11.6 Å². The highest BCUT2D eigenvalue weighted by molar-refractivity contribution is 5.43. The molecule has 1 aromatic carbocycles. The van der Waals surface area contributed by atoms with Gasteiger partial charge in [0.1, 0.15) is 5.75 Å². The molecule has 2 nitrogen and oxygen atoms in total. The number of nitrogens with two attached hydrogens (primary N) is 1.